The molecule has 116 valence electrons. The fraction of sp³-hybridized carbons (Fsp3) is 0.692. The lowest BCUT2D eigenvalue weighted by atomic mass is 10.1. The summed E-state index contributed by atoms with van der Waals surface area (Å²) in [6.07, 6.45) is 3.64. The van der Waals surface area contributed by atoms with Crippen LogP contribution in [-0.2, 0) is 11.3 Å². The Bertz CT molecular complexity index is 542. The van der Waals surface area contributed by atoms with E-state index in [0.29, 0.717) is 12.4 Å². The minimum atomic E-state index is -0.577. The van der Waals surface area contributed by atoms with Gasteiger partial charge in [0.1, 0.15) is 12.7 Å². The van der Waals surface area contributed by atoms with Gasteiger partial charge in [-0.1, -0.05) is 6.42 Å². The lowest BCUT2D eigenvalue weighted by molar-refractivity contribution is -0.389. The monoisotopic (exact) mass is 296 g/mol. The van der Waals surface area contributed by atoms with Gasteiger partial charge in [-0.3, -0.25) is 9.36 Å². The first-order chi connectivity index (χ1) is 9.88. The molecule has 8 nitrogen and oxygen atoms in total. The van der Waals surface area contributed by atoms with Gasteiger partial charge in [-0.25, -0.2) is 0 Å². The third-order valence-electron chi connectivity index (χ3n) is 4.01. The highest BCUT2D eigenvalue weighted by molar-refractivity contribution is 5.75. The fourth-order valence-corrected chi connectivity index (χ4v) is 2.69. The maximum Gasteiger partial charge on any atom is 0.381 e. The Morgan fingerprint density at radius 2 is 2.33 bits per heavy atom. The molecule has 1 aromatic heterocycles. The zero-order valence-electron chi connectivity index (χ0n) is 12.2. The first-order valence-corrected chi connectivity index (χ1v) is 6.98. The summed E-state index contributed by atoms with van der Waals surface area (Å²) in [5.74, 6) is 0.153. The van der Waals surface area contributed by atoms with Crippen LogP contribution < -0.4 is 0 Å². The minimum Gasteiger partial charge on any atom is -0.393 e. The van der Waals surface area contributed by atoms with Crippen LogP contribution in [0.25, 0.3) is 0 Å². The number of imidazole rings is 1. The van der Waals surface area contributed by atoms with E-state index in [1.165, 1.54) is 10.8 Å². The normalized spacial score (nSPS) is 21.5. The number of aliphatic hydroxyl groups is 1. The number of nitrogens with zero attached hydrogens (tertiary/aromatic N) is 4. The number of likely N-dealkylation sites (N-methyl/N-ethyl adjacent to an activating group) is 1. The molecule has 8 heteroatoms. The summed E-state index contributed by atoms with van der Waals surface area (Å²) >= 11 is 0. The van der Waals surface area contributed by atoms with Crippen LogP contribution in [0.4, 0.5) is 5.82 Å². The van der Waals surface area contributed by atoms with Crippen molar-refractivity contribution in [3.8, 4) is 0 Å². The van der Waals surface area contributed by atoms with E-state index in [4.69, 9.17) is 0 Å². The Kier molecular flexibility index (Phi) is 4.56. The van der Waals surface area contributed by atoms with Gasteiger partial charge < -0.3 is 20.1 Å². The van der Waals surface area contributed by atoms with Gasteiger partial charge in [-0.05, 0) is 22.7 Å². The molecule has 0 radical (unpaired) electrons. The Morgan fingerprint density at radius 3 is 2.86 bits per heavy atom. The largest absolute Gasteiger partial charge is 0.393 e. The molecule has 2 rings (SSSR count). The first-order valence-electron chi connectivity index (χ1n) is 6.98. The Hall–Kier alpha value is -1.96. The highest BCUT2D eigenvalue weighted by Crippen LogP contribution is 2.26. The van der Waals surface area contributed by atoms with Crippen molar-refractivity contribution >= 4 is 11.7 Å². The molecule has 21 heavy (non-hydrogen) atoms. The molecule has 0 aromatic carbocycles. The van der Waals surface area contributed by atoms with Crippen molar-refractivity contribution in [2.75, 3.05) is 13.6 Å². The van der Waals surface area contributed by atoms with Gasteiger partial charge in [0.05, 0.1) is 6.10 Å². The smallest absolute Gasteiger partial charge is 0.381 e. The molecule has 2 atom stereocenters. The third kappa shape index (κ3) is 3.57. The van der Waals surface area contributed by atoms with Crippen molar-refractivity contribution in [3.63, 3.8) is 0 Å². The Morgan fingerprint density at radius 1 is 1.62 bits per heavy atom. The van der Waals surface area contributed by atoms with Gasteiger partial charge in [0.25, 0.3) is 0 Å². The van der Waals surface area contributed by atoms with Crippen molar-refractivity contribution in [1.29, 1.82) is 0 Å². The van der Waals surface area contributed by atoms with Gasteiger partial charge in [0.2, 0.25) is 11.7 Å². The van der Waals surface area contributed by atoms with Crippen LogP contribution in [0.1, 0.15) is 25.1 Å². The van der Waals surface area contributed by atoms with E-state index >= 15 is 0 Å². The molecule has 1 heterocycles. The molecule has 0 saturated heterocycles. The molecule has 1 N–H and O–H groups in total. The van der Waals surface area contributed by atoms with E-state index in [0.717, 1.165) is 19.3 Å². The minimum absolute atomic E-state index is 0.0198. The van der Waals surface area contributed by atoms with Crippen LogP contribution in [0.5, 0.6) is 0 Å². The SMILES string of the molecule is Cc1nc([N+](=O)[O-])cn1CC(=O)N(C)CC1CCCC1O. The molecule has 0 spiro atoms. The van der Waals surface area contributed by atoms with E-state index in [1.54, 1.807) is 18.9 Å². The molecule has 1 aliphatic rings. The number of hydrogen-bond acceptors (Lipinski definition) is 5. The van der Waals surface area contributed by atoms with Crippen LogP contribution in [-0.4, -0.2) is 50.1 Å². The zero-order chi connectivity index (χ0) is 15.6. The van der Waals surface area contributed by atoms with Gasteiger partial charge in [-0.15, -0.1) is 0 Å². The van der Waals surface area contributed by atoms with E-state index in [-0.39, 0.29) is 30.3 Å². The zero-order valence-corrected chi connectivity index (χ0v) is 12.2. The van der Waals surface area contributed by atoms with Crippen molar-refractivity contribution in [2.24, 2.45) is 5.92 Å². The lowest BCUT2D eigenvalue weighted by Gasteiger charge is -2.23. The van der Waals surface area contributed by atoms with Crippen LogP contribution in [0.3, 0.4) is 0 Å². The fourth-order valence-electron chi connectivity index (χ4n) is 2.69. The van der Waals surface area contributed by atoms with Crippen molar-refractivity contribution in [3.05, 3.63) is 22.1 Å². The number of carbonyl (C=O) groups is 1. The number of hydrogen-bond donors (Lipinski definition) is 1. The van der Waals surface area contributed by atoms with Crippen molar-refractivity contribution < 1.29 is 14.8 Å². The van der Waals surface area contributed by atoms with Gasteiger partial charge >= 0.3 is 5.82 Å². The molecular weight excluding hydrogens is 276 g/mol. The summed E-state index contributed by atoms with van der Waals surface area (Å²) in [6, 6.07) is 0. The molecule has 0 aliphatic heterocycles. The van der Waals surface area contributed by atoms with Crippen LogP contribution in [0.15, 0.2) is 6.20 Å². The van der Waals surface area contributed by atoms with E-state index in [2.05, 4.69) is 4.98 Å². The Labute approximate surface area is 122 Å². The van der Waals surface area contributed by atoms with E-state index in [9.17, 15) is 20.0 Å². The predicted octanol–water partition coefficient (Wildman–Crippen LogP) is 0.719. The lowest BCUT2D eigenvalue weighted by Crippen LogP contribution is -2.36. The highest BCUT2D eigenvalue weighted by atomic mass is 16.6. The Balaban J connectivity index is 1.95. The van der Waals surface area contributed by atoms with Gasteiger partial charge in [0.15, 0.2) is 0 Å². The van der Waals surface area contributed by atoms with E-state index in [1.807, 2.05) is 0 Å². The summed E-state index contributed by atoms with van der Waals surface area (Å²) in [5.41, 5.74) is 0. The second-order valence-corrected chi connectivity index (χ2v) is 5.56. The molecule has 2 unspecified atom stereocenters. The average molecular weight is 296 g/mol. The average Bonchev–Trinajstić information content (AvgIpc) is 2.97. The molecule has 1 fully saturated rings. The summed E-state index contributed by atoms with van der Waals surface area (Å²) in [4.78, 5) is 27.6. The van der Waals surface area contributed by atoms with Crippen LogP contribution in [0, 0.1) is 23.0 Å². The topological polar surface area (TPSA) is 102 Å². The van der Waals surface area contributed by atoms with E-state index < -0.39 is 4.92 Å². The number of aromatic nitrogens is 2. The highest BCUT2D eigenvalue weighted by Gasteiger charge is 2.28. The number of amides is 1. The number of carbonyl (C=O) groups excluding carboxylic acids is 1. The predicted molar refractivity (Wildman–Crippen MR) is 74.6 cm³/mol. The summed E-state index contributed by atoms with van der Waals surface area (Å²) < 4.78 is 1.47. The van der Waals surface area contributed by atoms with Crippen molar-refractivity contribution in [2.45, 2.75) is 38.8 Å². The van der Waals surface area contributed by atoms with Gasteiger partial charge in [-0.2, -0.15) is 0 Å². The number of rotatable bonds is 5. The second kappa shape index (κ2) is 6.21. The molecular formula is C13H20N4O4. The summed E-state index contributed by atoms with van der Waals surface area (Å²) in [6.45, 7) is 2.16. The number of aryl methyl sites for hydroxylation is 1. The third-order valence-corrected chi connectivity index (χ3v) is 4.01. The number of aliphatic hydroxyl groups excluding tert-OH is 1. The molecule has 1 amide bonds. The maximum absolute atomic E-state index is 12.2. The first kappa shape index (κ1) is 15.4. The maximum atomic E-state index is 12.2. The van der Waals surface area contributed by atoms with Gasteiger partial charge in [0, 0.05) is 26.4 Å². The van der Waals surface area contributed by atoms with Crippen molar-refractivity contribution in [1.82, 2.24) is 14.5 Å². The van der Waals surface area contributed by atoms with Crippen LogP contribution >= 0.6 is 0 Å². The molecule has 1 saturated carbocycles. The standard InChI is InChI=1S/C13H20N4O4/c1-9-14-12(17(20)21)7-16(9)8-13(19)15(2)6-10-4-3-5-11(10)18/h7,10-11,18H,3-6,8H2,1-2H3. The number of nitro groups is 1. The summed E-state index contributed by atoms with van der Waals surface area (Å²) in [7, 11) is 1.69. The molecule has 1 aromatic rings. The quantitative estimate of drug-likeness (QED) is 0.637. The summed E-state index contributed by atoms with van der Waals surface area (Å²) in [5, 5.41) is 20.4. The van der Waals surface area contributed by atoms with Crippen LogP contribution in [0.2, 0.25) is 0 Å². The second-order valence-electron chi connectivity index (χ2n) is 5.56. The molecule has 1 aliphatic carbocycles. The molecule has 0 bridgehead atoms.